The van der Waals surface area contributed by atoms with Gasteiger partial charge in [-0.3, -0.25) is 0 Å². The molecule has 12 heavy (non-hydrogen) atoms. The van der Waals surface area contributed by atoms with Gasteiger partial charge in [0.25, 0.3) is 0 Å². The fourth-order valence-electron chi connectivity index (χ4n) is 6.60. The number of hydrogen-bond donors (Lipinski definition) is 0. The zero-order valence-electron chi connectivity index (χ0n) is 8.09. The molecule has 0 aromatic carbocycles. The molecular weight excluding hydrogens is 144 g/mol. The molecule has 5 aliphatic carbocycles. The molecule has 5 aliphatic rings. The summed E-state index contributed by atoms with van der Waals surface area (Å²) in [6.45, 7) is 7.46. The first kappa shape index (κ1) is 5.67. The summed E-state index contributed by atoms with van der Waals surface area (Å²) in [7, 11) is 0. The van der Waals surface area contributed by atoms with E-state index in [2.05, 4.69) is 20.8 Å². The summed E-state index contributed by atoms with van der Waals surface area (Å²) in [5.41, 5.74) is 2.55. The molecule has 7 unspecified atom stereocenters. The van der Waals surface area contributed by atoms with Crippen molar-refractivity contribution in [3.63, 3.8) is 0 Å². The Hall–Kier alpha value is 0. The van der Waals surface area contributed by atoms with Gasteiger partial charge in [-0.2, -0.15) is 0 Å². The fourth-order valence-corrected chi connectivity index (χ4v) is 6.60. The maximum atomic E-state index is 2.49. The Bertz CT molecular complexity index is 334. The van der Waals surface area contributed by atoms with Crippen LogP contribution in [0.5, 0.6) is 0 Å². The average molecular weight is 160 g/mol. The summed E-state index contributed by atoms with van der Waals surface area (Å²) in [6.07, 6.45) is 1.62. The van der Waals surface area contributed by atoms with E-state index in [-0.39, 0.29) is 0 Å². The van der Waals surface area contributed by atoms with E-state index in [1.165, 1.54) is 29.6 Å². The minimum atomic E-state index is 0.627. The second kappa shape index (κ2) is 0.952. The van der Waals surface area contributed by atoms with Crippen molar-refractivity contribution < 1.29 is 0 Å². The largest absolute Gasteiger partial charge is 0.0596 e. The van der Waals surface area contributed by atoms with Crippen molar-refractivity contribution in [1.29, 1.82) is 0 Å². The molecule has 0 heteroatoms. The van der Waals surface area contributed by atoms with Gasteiger partial charge in [0.05, 0.1) is 0 Å². The highest BCUT2D eigenvalue weighted by molar-refractivity contribution is 5.59. The normalized spacial score (nSPS) is 83.8. The summed E-state index contributed by atoms with van der Waals surface area (Å²) in [5.74, 6) is 6.28. The topological polar surface area (TPSA) is 0 Å². The standard InChI is InChI=1S/C12H16/c1-10(2,3)11-4-5-6-7-9(11)12(6,7)8(5)11/h5-9H,4H2,1-3H3. The van der Waals surface area contributed by atoms with Crippen LogP contribution in [-0.4, -0.2) is 0 Å². The highest BCUT2D eigenvalue weighted by Crippen LogP contribution is 3.16. The van der Waals surface area contributed by atoms with E-state index in [1.54, 1.807) is 6.42 Å². The van der Waals surface area contributed by atoms with Gasteiger partial charge in [0.15, 0.2) is 0 Å². The highest BCUT2D eigenvalue weighted by atomic mass is 15.2. The molecular formula is C12H16. The second-order valence-electron chi connectivity index (χ2n) is 7.17. The molecule has 7 atom stereocenters. The molecule has 0 aliphatic heterocycles. The lowest BCUT2D eigenvalue weighted by Crippen LogP contribution is -2.77. The Morgan fingerprint density at radius 1 is 1.08 bits per heavy atom. The Balaban J connectivity index is 1.72. The first-order valence-electron chi connectivity index (χ1n) is 5.58. The summed E-state index contributed by atoms with van der Waals surface area (Å²) < 4.78 is 0. The molecule has 0 aromatic heterocycles. The predicted molar refractivity (Wildman–Crippen MR) is 46.4 cm³/mol. The fraction of sp³-hybridized carbons (Fsp3) is 1.00. The highest BCUT2D eigenvalue weighted by Gasteiger charge is 3.13. The second-order valence-corrected chi connectivity index (χ2v) is 7.17. The third-order valence-electron chi connectivity index (χ3n) is 6.73. The minimum Gasteiger partial charge on any atom is -0.0596 e. The summed E-state index contributed by atoms with van der Waals surface area (Å²) in [6, 6.07) is 0. The Morgan fingerprint density at radius 3 is 2.17 bits per heavy atom. The predicted octanol–water partition coefficient (Wildman–Crippen LogP) is 2.54. The average Bonchev–Trinajstić information content (AvgIpc) is 2.72. The molecule has 5 rings (SSSR count). The van der Waals surface area contributed by atoms with E-state index >= 15 is 0 Å². The van der Waals surface area contributed by atoms with Crippen LogP contribution in [0.2, 0.25) is 0 Å². The quantitative estimate of drug-likeness (QED) is 0.511. The number of rotatable bonds is 0. The van der Waals surface area contributed by atoms with Crippen molar-refractivity contribution in [2.24, 2.45) is 45.8 Å². The van der Waals surface area contributed by atoms with E-state index in [1.807, 2.05) is 0 Å². The monoisotopic (exact) mass is 160 g/mol. The first-order valence-corrected chi connectivity index (χ1v) is 5.58. The molecule has 1 spiro atoms. The SMILES string of the molecule is CC(C)(C)C12CC3C4C5C1C45C32. The van der Waals surface area contributed by atoms with Gasteiger partial charge in [0.2, 0.25) is 0 Å². The minimum absolute atomic E-state index is 0.627. The molecule has 0 heterocycles. The van der Waals surface area contributed by atoms with Crippen molar-refractivity contribution in [2.45, 2.75) is 27.2 Å². The van der Waals surface area contributed by atoms with E-state index in [9.17, 15) is 0 Å². The smallest absolute Gasteiger partial charge is 0.0156 e. The van der Waals surface area contributed by atoms with Crippen LogP contribution < -0.4 is 0 Å². The summed E-state index contributed by atoms with van der Waals surface area (Å²) >= 11 is 0. The Kier molecular flexibility index (Phi) is 0.450. The number of fused-ring (bicyclic) bond motifs is 4. The molecule has 5 saturated carbocycles. The van der Waals surface area contributed by atoms with Gasteiger partial charge in [-0.05, 0) is 52.3 Å². The van der Waals surface area contributed by atoms with Crippen LogP contribution in [0.3, 0.4) is 0 Å². The molecule has 5 fully saturated rings. The van der Waals surface area contributed by atoms with Crippen LogP contribution in [0, 0.1) is 45.8 Å². The van der Waals surface area contributed by atoms with E-state index in [4.69, 9.17) is 0 Å². The van der Waals surface area contributed by atoms with Gasteiger partial charge in [0, 0.05) is 0 Å². The van der Waals surface area contributed by atoms with Gasteiger partial charge in [-0.1, -0.05) is 20.8 Å². The molecule has 0 saturated heterocycles. The van der Waals surface area contributed by atoms with Crippen LogP contribution in [0.1, 0.15) is 27.2 Å². The lowest BCUT2D eigenvalue weighted by atomic mass is 9.23. The molecule has 0 bridgehead atoms. The van der Waals surface area contributed by atoms with E-state index in [0.29, 0.717) is 5.41 Å². The zero-order valence-corrected chi connectivity index (χ0v) is 8.09. The first-order chi connectivity index (χ1) is 5.58. The van der Waals surface area contributed by atoms with Crippen LogP contribution in [-0.2, 0) is 0 Å². The zero-order chi connectivity index (χ0) is 8.09. The number of hydrogen-bond acceptors (Lipinski definition) is 0. The van der Waals surface area contributed by atoms with Crippen LogP contribution in [0.15, 0.2) is 0 Å². The molecule has 64 valence electrons. The lowest BCUT2D eigenvalue weighted by molar-refractivity contribution is -0.344. The van der Waals surface area contributed by atoms with E-state index in [0.717, 1.165) is 10.8 Å². The molecule has 0 radical (unpaired) electrons. The lowest BCUT2D eigenvalue weighted by Gasteiger charge is -2.81. The van der Waals surface area contributed by atoms with Gasteiger partial charge >= 0.3 is 0 Å². The molecule has 0 N–H and O–H groups in total. The molecule has 0 aromatic rings. The van der Waals surface area contributed by atoms with Crippen molar-refractivity contribution in [2.75, 3.05) is 0 Å². The van der Waals surface area contributed by atoms with Crippen LogP contribution >= 0.6 is 0 Å². The van der Waals surface area contributed by atoms with Crippen molar-refractivity contribution in [1.82, 2.24) is 0 Å². The van der Waals surface area contributed by atoms with Gasteiger partial charge in [-0.25, -0.2) is 0 Å². The van der Waals surface area contributed by atoms with E-state index < -0.39 is 0 Å². The van der Waals surface area contributed by atoms with Crippen molar-refractivity contribution in [3.8, 4) is 0 Å². The van der Waals surface area contributed by atoms with Gasteiger partial charge < -0.3 is 0 Å². The summed E-state index contributed by atoms with van der Waals surface area (Å²) in [4.78, 5) is 0. The van der Waals surface area contributed by atoms with Crippen molar-refractivity contribution in [3.05, 3.63) is 0 Å². The maximum Gasteiger partial charge on any atom is -0.0156 e. The van der Waals surface area contributed by atoms with Crippen LogP contribution in [0.25, 0.3) is 0 Å². The Labute approximate surface area is 73.7 Å². The maximum absolute atomic E-state index is 2.49. The van der Waals surface area contributed by atoms with Gasteiger partial charge in [-0.15, -0.1) is 0 Å². The molecule has 0 amide bonds. The summed E-state index contributed by atoms with van der Waals surface area (Å²) in [5, 5.41) is 0. The Morgan fingerprint density at radius 2 is 1.83 bits per heavy atom. The third kappa shape index (κ3) is 0.211. The van der Waals surface area contributed by atoms with Crippen LogP contribution in [0.4, 0.5) is 0 Å². The third-order valence-corrected chi connectivity index (χ3v) is 6.73. The molecule has 0 nitrogen and oxygen atoms in total. The van der Waals surface area contributed by atoms with Gasteiger partial charge in [0.1, 0.15) is 0 Å². The van der Waals surface area contributed by atoms with Crippen molar-refractivity contribution >= 4 is 0 Å².